The van der Waals surface area contributed by atoms with Gasteiger partial charge in [0.15, 0.2) is 5.92 Å². The summed E-state index contributed by atoms with van der Waals surface area (Å²) in [6.45, 7) is 0.0680. The van der Waals surface area contributed by atoms with Gasteiger partial charge in [-0.25, -0.2) is 0 Å². The maximum absolute atomic E-state index is 11.1. The van der Waals surface area contributed by atoms with Gasteiger partial charge in [-0.3, -0.25) is 9.59 Å². The highest BCUT2D eigenvalue weighted by Gasteiger charge is 2.27. The van der Waals surface area contributed by atoms with Crippen molar-refractivity contribution in [3.8, 4) is 0 Å². The van der Waals surface area contributed by atoms with Crippen LogP contribution in [-0.4, -0.2) is 30.8 Å². The molecular formula is C12H14O5. The third-order valence-corrected chi connectivity index (χ3v) is 2.18. The molecule has 1 atom stereocenters. The fourth-order valence-electron chi connectivity index (χ4n) is 1.25. The predicted octanol–water partition coefficient (Wildman–Crippen LogP) is 1.08. The van der Waals surface area contributed by atoms with E-state index in [2.05, 4.69) is 4.74 Å². The Bertz CT molecular complexity index is 374. The second-order valence-corrected chi connectivity index (χ2v) is 3.41. The van der Waals surface area contributed by atoms with Crippen molar-refractivity contribution < 1.29 is 24.2 Å². The summed E-state index contributed by atoms with van der Waals surface area (Å²) in [7, 11) is 1.15. The smallest absolute Gasteiger partial charge is 0.322 e. The molecule has 0 aliphatic carbocycles. The zero-order valence-corrected chi connectivity index (χ0v) is 9.46. The van der Waals surface area contributed by atoms with Crippen molar-refractivity contribution >= 4 is 11.9 Å². The van der Waals surface area contributed by atoms with E-state index < -0.39 is 17.9 Å². The Morgan fingerprint density at radius 3 is 2.47 bits per heavy atom. The number of methoxy groups -OCH3 is 1. The molecule has 0 spiro atoms. The summed E-state index contributed by atoms with van der Waals surface area (Å²) in [5.74, 6) is -3.32. The normalized spacial score (nSPS) is 11.8. The number of carboxylic acids is 1. The summed E-state index contributed by atoms with van der Waals surface area (Å²) in [6.07, 6.45) is 0. The molecule has 92 valence electrons. The maximum atomic E-state index is 11.1. The van der Waals surface area contributed by atoms with Crippen LogP contribution in [-0.2, 0) is 25.7 Å². The second-order valence-electron chi connectivity index (χ2n) is 3.41. The third kappa shape index (κ3) is 4.24. The van der Waals surface area contributed by atoms with Crippen molar-refractivity contribution in [2.24, 2.45) is 5.92 Å². The van der Waals surface area contributed by atoms with E-state index in [1.54, 1.807) is 0 Å². The van der Waals surface area contributed by atoms with E-state index in [0.717, 1.165) is 12.7 Å². The first-order valence-corrected chi connectivity index (χ1v) is 5.07. The molecule has 1 N–H and O–H groups in total. The molecule has 17 heavy (non-hydrogen) atoms. The molecule has 0 bridgehead atoms. The van der Waals surface area contributed by atoms with E-state index in [4.69, 9.17) is 9.84 Å². The van der Waals surface area contributed by atoms with Crippen molar-refractivity contribution in [2.75, 3.05) is 13.7 Å². The van der Waals surface area contributed by atoms with Gasteiger partial charge in [0.2, 0.25) is 0 Å². The van der Waals surface area contributed by atoms with Gasteiger partial charge in [0.25, 0.3) is 0 Å². The summed E-state index contributed by atoms with van der Waals surface area (Å²) in [6, 6.07) is 9.29. The molecule has 0 heterocycles. The fourth-order valence-corrected chi connectivity index (χ4v) is 1.25. The summed E-state index contributed by atoms with van der Waals surface area (Å²) >= 11 is 0. The highest BCUT2D eigenvalue weighted by molar-refractivity contribution is 5.94. The molecule has 5 heteroatoms. The quantitative estimate of drug-likeness (QED) is 0.593. The molecule has 0 saturated carbocycles. The molecule has 0 aliphatic heterocycles. The van der Waals surface area contributed by atoms with Gasteiger partial charge in [-0.1, -0.05) is 30.3 Å². The minimum atomic E-state index is -1.27. The van der Waals surface area contributed by atoms with E-state index in [1.807, 2.05) is 30.3 Å². The molecule has 0 aromatic heterocycles. The number of esters is 1. The number of aliphatic carboxylic acids is 1. The first-order valence-electron chi connectivity index (χ1n) is 5.07. The van der Waals surface area contributed by atoms with Gasteiger partial charge < -0.3 is 14.6 Å². The van der Waals surface area contributed by atoms with Crippen molar-refractivity contribution in [2.45, 2.75) is 6.61 Å². The van der Waals surface area contributed by atoms with Crippen LogP contribution >= 0.6 is 0 Å². The first-order chi connectivity index (χ1) is 8.15. The van der Waals surface area contributed by atoms with Crippen LogP contribution < -0.4 is 0 Å². The van der Waals surface area contributed by atoms with Crippen LogP contribution in [0.5, 0.6) is 0 Å². The molecule has 1 aromatic carbocycles. The average Bonchev–Trinajstić information content (AvgIpc) is 2.34. The Hall–Kier alpha value is -1.88. The lowest BCUT2D eigenvalue weighted by Crippen LogP contribution is -2.29. The van der Waals surface area contributed by atoms with E-state index in [9.17, 15) is 9.59 Å². The number of hydrogen-bond acceptors (Lipinski definition) is 4. The number of carboxylic acid groups (broad SMARTS) is 1. The van der Waals surface area contributed by atoms with Gasteiger partial charge in [-0.2, -0.15) is 0 Å². The van der Waals surface area contributed by atoms with E-state index in [0.29, 0.717) is 0 Å². The lowest BCUT2D eigenvalue weighted by atomic mass is 10.1. The van der Waals surface area contributed by atoms with Gasteiger partial charge in [0, 0.05) is 0 Å². The molecule has 1 aromatic rings. The lowest BCUT2D eigenvalue weighted by Gasteiger charge is -2.10. The number of ether oxygens (including phenoxy) is 2. The highest BCUT2D eigenvalue weighted by atomic mass is 16.5. The van der Waals surface area contributed by atoms with Crippen LogP contribution in [0.3, 0.4) is 0 Å². The van der Waals surface area contributed by atoms with Crippen LogP contribution in [0, 0.1) is 5.92 Å². The lowest BCUT2D eigenvalue weighted by molar-refractivity contribution is -0.159. The summed E-state index contributed by atoms with van der Waals surface area (Å²) in [5.41, 5.74) is 0.918. The van der Waals surface area contributed by atoms with Gasteiger partial charge in [0.1, 0.15) is 0 Å². The van der Waals surface area contributed by atoms with Crippen molar-refractivity contribution in [1.29, 1.82) is 0 Å². The fraction of sp³-hybridized carbons (Fsp3) is 0.333. The molecule has 1 rings (SSSR count). The molecular weight excluding hydrogens is 224 g/mol. The average molecular weight is 238 g/mol. The first kappa shape index (κ1) is 13.2. The number of carbonyl (C=O) groups excluding carboxylic acids is 1. The molecule has 0 amide bonds. The number of benzene rings is 1. The van der Waals surface area contributed by atoms with Gasteiger partial charge in [-0.05, 0) is 5.56 Å². The number of rotatable bonds is 6. The van der Waals surface area contributed by atoms with Crippen LogP contribution in [0.15, 0.2) is 30.3 Å². The number of carbonyl (C=O) groups is 2. The minimum Gasteiger partial charge on any atom is -0.481 e. The van der Waals surface area contributed by atoms with Crippen LogP contribution in [0.25, 0.3) is 0 Å². The van der Waals surface area contributed by atoms with Crippen molar-refractivity contribution in [3.05, 3.63) is 35.9 Å². The minimum absolute atomic E-state index is 0.198. The Balaban J connectivity index is 2.43. The molecule has 0 aliphatic rings. The van der Waals surface area contributed by atoms with Gasteiger partial charge in [0.05, 0.1) is 20.3 Å². The van der Waals surface area contributed by atoms with Crippen molar-refractivity contribution in [3.63, 3.8) is 0 Å². The molecule has 0 saturated heterocycles. The van der Waals surface area contributed by atoms with Crippen molar-refractivity contribution in [1.82, 2.24) is 0 Å². The zero-order valence-electron chi connectivity index (χ0n) is 9.46. The van der Waals surface area contributed by atoms with Crippen LogP contribution in [0.2, 0.25) is 0 Å². The Labute approximate surface area is 99.0 Å². The summed E-state index contributed by atoms with van der Waals surface area (Å²) < 4.78 is 9.56. The van der Waals surface area contributed by atoms with E-state index in [1.165, 1.54) is 0 Å². The van der Waals surface area contributed by atoms with Gasteiger partial charge >= 0.3 is 11.9 Å². The molecule has 0 radical (unpaired) electrons. The largest absolute Gasteiger partial charge is 0.481 e. The molecule has 0 fully saturated rings. The van der Waals surface area contributed by atoms with E-state index in [-0.39, 0.29) is 13.2 Å². The summed E-state index contributed by atoms with van der Waals surface area (Å²) in [4.78, 5) is 21.9. The molecule has 5 nitrogen and oxygen atoms in total. The molecule has 1 unspecified atom stereocenters. The predicted molar refractivity (Wildman–Crippen MR) is 59.2 cm³/mol. The SMILES string of the molecule is COC(=O)C(COCc1ccccc1)C(=O)O. The second kappa shape index (κ2) is 6.65. The summed E-state index contributed by atoms with van der Waals surface area (Å²) in [5, 5.41) is 8.79. The van der Waals surface area contributed by atoms with Crippen LogP contribution in [0.1, 0.15) is 5.56 Å². The van der Waals surface area contributed by atoms with Crippen LogP contribution in [0.4, 0.5) is 0 Å². The maximum Gasteiger partial charge on any atom is 0.322 e. The van der Waals surface area contributed by atoms with E-state index >= 15 is 0 Å². The standard InChI is InChI=1S/C12H14O5/c1-16-12(15)10(11(13)14)8-17-7-9-5-3-2-4-6-9/h2-6,10H,7-8H2,1H3,(H,13,14). The van der Waals surface area contributed by atoms with Gasteiger partial charge in [-0.15, -0.1) is 0 Å². The topological polar surface area (TPSA) is 72.8 Å². The highest BCUT2D eigenvalue weighted by Crippen LogP contribution is 2.05. The zero-order chi connectivity index (χ0) is 12.7. The Kier molecular flexibility index (Phi) is 5.16. The Morgan fingerprint density at radius 2 is 1.94 bits per heavy atom. The Morgan fingerprint density at radius 1 is 1.29 bits per heavy atom. The monoisotopic (exact) mass is 238 g/mol. The third-order valence-electron chi connectivity index (χ3n) is 2.18. The number of hydrogen-bond donors (Lipinski definition) is 1.